The Labute approximate surface area is 347 Å². The van der Waals surface area contributed by atoms with E-state index in [1.165, 1.54) is 16.3 Å². The molecule has 0 fully saturated rings. The number of fused-ring (bicyclic) bond motifs is 4. The van der Waals surface area contributed by atoms with E-state index in [1.54, 1.807) is 0 Å². The Morgan fingerprint density at radius 3 is 2.21 bits per heavy atom. The molecular weight excluding hydrogens is 881 g/mol. The second kappa shape index (κ2) is 16.8. The van der Waals surface area contributed by atoms with E-state index in [9.17, 15) is 0 Å². The standard InChI is InChI=1S/C31H28N3O.C18H24NSi.Ir/c1-20(31(2,3)4)25-18-17-23-22-13-10-14-24(28(22)35-30(23)33-25)29-32-26-15-8-9-16-27(26)34(29)19-21-11-6-5-7-12-21;1-14(2)11-16-12-17(15-9-7-6-8-10-15)19-13-18(16)20(3,4)5;/h5-13,15-18,20H,19H2,1-4H3;6-9,12-14H,11H2,1-5H3;/q2*-1;. The summed E-state index contributed by atoms with van der Waals surface area (Å²) in [6, 6.07) is 44.1. The number of imidazole rings is 1. The van der Waals surface area contributed by atoms with Gasteiger partial charge in [0, 0.05) is 49.8 Å². The average Bonchev–Trinajstić information content (AvgIpc) is 3.72. The van der Waals surface area contributed by atoms with Gasteiger partial charge in [0.05, 0.1) is 30.5 Å². The van der Waals surface area contributed by atoms with Crippen molar-refractivity contribution in [1.29, 1.82) is 0 Å². The van der Waals surface area contributed by atoms with Crippen molar-refractivity contribution in [3.05, 3.63) is 144 Å². The molecule has 289 valence electrons. The maximum atomic E-state index is 6.45. The minimum absolute atomic E-state index is 0. The maximum absolute atomic E-state index is 6.45. The van der Waals surface area contributed by atoms with Gasteiger partial charge in [-0.25, -0.2) is 4.98 Å². The summed E-state index contributed by atoms with van der Waals surface area (Å²) in [5.74, 6) is 1.82. The van der Waals surface area contributed by atoms with E-state index in [0.29, 0.717) is 24.1 Å². The molecular formula is C49H52IrN4OSi-2. The molecule has 0 aliphatic rings. The molecule has 0 saturated heterocycles. The van der Waals surface area contributed by atoms with Crippen molar-refractivity contribution in [3.63, 3.8) is 0 Å². The molecule has 4 aromatic carbocycles. The summed E-state index contributed by atoms with van der Waals surface area (Å²) in [6.45, 7) is 21.4. The summed E-state index contributed by atoms with van der Waals surface area (Å²) in [6.07, 6.45) is 3.24. The van der Waals surface area contributed by atoms with E-state index in [2.05, 4.69) is 162 Å². The van der Waals surface area contributed by atoms with Crippen LogP contribution in [0.2, 0.25) is 19.6 Å². The predicted molar refractivity (Wildman–Crippen MR) is 233 cm³/mol. The third-order valence-corrected chi connectivity index (χ3v) is 12.6. The number of aromatic nitrogens is 4. The monoisotopic (exact) mass is 933 g/mol. The molecule has 1 radical (unpaired) electrons. The maximum Gasteiger partial charge on any atom is 0.216 e. The number of benzene rings is 4. The van der Waals surface area contributed by atoms with Crippen LogP contribution in [0, 0.1) is 23.5 Å². The molecule has 56 heavy (non-hydrogen) atoms. The third-order valence-electron chi connectivity index (χ3n) is 10.5. The van der Waals surface area contributed by atoms with Gasteiger partial charge in [-0.05, 0) is 58.5 Å². The number of rotatable bonds is 8. The van der Waals surface area contributed by atoms with Gasteiger partial charge in [0.25, 0.3) is 0 Å². The summed E-state index contributed by atoms with van der Waals surface area (Å²) in [7, 11) is -1.34. The number of hydrogen-bond donors (Lipinski definition) is 0. The van der Waals surface area contributed by atoms with Crippen molar-refractivity contribution in [2.24, 2.45) is 11.3 Å². The smallest absolute Gasteiger partial charge is 0.216 e. The van der Waals surface area contributed by atoms with Crippen LogP contribution in [-0.2, 0) is 33.1 Å². The zero-order chi connectivity index (χ0) is 38.9. The fourth-order valence-corrected chi connectivity index (χ4v) is 8.75. The second-order valence-electron chi connectivity index (χ2n) is 17.2. The fourth-order valence-electron chi connectivity index (χ4n) is 7.16. The third kappa shape index (κ3) is 8.81. The van der Waals surface area contributed by atoms with Crippen LogP contribution in [-0.4, -0.2) is 27.6 Å². The minimum atomic E-state index is -1.34. The van der Waals surface area contributed by atoms with Gasteiger partial charge in [0.15, 0.2) is 0 Å². The van der Waals surface area contributed by atoms with E-state index in [1.807, 2.05) is 36.4 Å². The first-order valence-electron chi connectivity index (χ1n) is 19.5. The molecule has 1 atom stereocenters. The number of furan rings is 1. The van der Waals surface area contributed by atoms with Crippen molar-refractivity contribution < 1.29 is 24.5 Å². The summed E-state index contributed by atoms with van der Waals surface area (Å²) in [5, 5.41) is 3.55. The van der Waals surface area contributed by atoms with E-state index in [-0.39, 0.29) is 25.5 Å². The molecule has 1 unspecified atom stereocenters. The topological polar surface area (TPSA) is 56.7 Å². The van der Waals surface area contributed by atoms with Crippen molar-refractivity contribution in [1.82, 2.24) is 19.5 Å². The summed E-state index contributed by atoms with van der Waals surface area (Å²) in [5.41, 5.74) is 10.3. The van der Waals surface area contributed by atoms with Gasteiger partial charge in [0.1, 0.15) is 0 Å². The van der Waals surface area contributed by atoms with E-state index in [4.69, 9.17) is 14.4 Å². The molecule has 8 rings (SSSR count). The van der Waals surface area contributed by atoms with Gasteiger partial charge in [-0.2, -0.15) is 0 Å². The van der Waals surface area contributed by atoms with Crippen molar-refractivity contribution in [3.8, 4) is 22.6 Å². The van der Waals surface area contributed by atoms with Crippen LogP contribution < -0.4 is 5.19 Å². The molecule has 0 saturated carbocycles. The van der Waals surface area contributed by atoms with E-state index >= 15 is 0 Å². The Morgan fingerprint density at radius 1 is 0.786 bits per heavy atom. The van der Waals surface area contributed by atoms with Crippen LogP contribution in [0.3, 0.4) is 0 Å². The van der Waals surface area contributed by atoms with Gasteiger partial charge in [-0.3, -0.25) is 4.98 Å². The molecule has 4 aromatic heterocycles. The Hall–Kier alpha value is -4.68. The molecule has 0 N–H and O–H groups in total. The predicted octanol–water partition coefficient (Wildman–Crippen LogP) is 12.3. The first-order chi connectivity index (χ1) is 26.3. The SMILES string of the molecule is CC(C)Cc1cc(-c2[c-]cccc2)ncc1[Si](C)(C)C.CC(c1ccc2c(n1)oc1c(-c3nc4ccccc4n3Cc3ccccc3)[c-]ccc12)C(C)(C)C.[Ir]. The Morgan fingerprint density at radius 2 is 1.52 bits per heavy atom. The normalized spacial score (nSPS) is 12.5. The van der Waals surface area contributed by atoms with Crippen molar-refractivity contribution >= 4 is 46.4 Å². The van der Waals surface area contributed by atoms with Gasteiger partial charge in [0.2, 0.25) is 5.71 Å². The molecule has 8 aromatic rings. The van der Waals surface area contributed by atoms with Crippen LogP contribution >= 0.6 is 0 Å². The van der Waals surface area contributed by atoms with Gasteiger partial charge in [-0.15, -0.1) is 54.1 Å². The van der Waals surface area contributed by atoms with Crippen LogP contribution in [0.15, 0.2) is 120 Å². The van der Waals surface area contributed by atoms with Gasteiger partial charge in [-0.1, -0.05) is 126 Å². The van der Waals surface area contributed by atoms with Crippen LogP contribution in [0.4, 0.5) is 0 Å². The van der Waals surface area contributed by atoms with E-state index < -0.39 is 8.07 Å². The van der Waals surface area contributed by atoms with Gasteiger partial charge >= 0.3 is 0 Å². The number of pyridine rings is 2. The van der Waals surface area contributed by atoms with E-state index in [0.717, 1.165) is 62.1 Å². The zero-order valence-electron chi connectivity index (χ0n) is 34.1. The average molecular weight is 933 g/mol. The molecule has 7 heteroatoms. The number of para-hydroxylation sites is 2. The molecule has 0 aliphatic heterocycles. The second-order valence-corrected chi connectivity index (χ2v) is 22.3. The largest absolute Gasteiger partial charge is 0.486 e. The van der Waals surface area contributed by atoms with Crippen LogP contribution in [0.5, 0.6) is 0 Å². The number of nitrogens with zero attached hydrogens (tertiary/aromatic N) is 4. The quantitative estimate of drug-likeness (QED) is 0.113. The Bertz CT molecular complexity index is 2560. The first-order valence-corrected chi connectivity index (χ1v) is 23.0. The molecule has 0 aliphatic carbocycles. The molecule has 4 heterocycles. The fraction of sp³-hybridized carbons (Fsp3) is 0.286. The molecule has 5 nitrogen and oxygen atoms in total. The van der Waals surface area contributed by atoms with Crippen molar-refractivity contribution in [2.75, 3.05) is 0 Å². The first kappa shape index (κ1) is 41.0. The molecule has 0 bridgehead atoms. The van der Waals surface area contributed by atoms with Crippen LogP contribution in [0.25, 0.3) is 55.7 Å². The molecule has 0 spiro atoms. The minimum Gasteiger partial charge on any atom is -0.486 e. The van der Waals surface area contributed by atoms with Crippen molar-refractivity contribution in [2.45, 2.75) is 80.1 Å². The Kier molecular flexibility index (Phi) is 12.3. The van der Waals surface area contributed by atoms with Crippen LogP contribution in [0.1, 0.15) is 64.3 Å². The zero-order valence-corrected chi connectivity index (χ0v) is 37.5. The number of hydrogen-bond acceptors (Lipinski definition) is 4. The summed E-state index contributed by atoms with van der Waals surface area (Å²) >= 11 is 0. The summed E-state index contributed by atoms with van der Waals surface area (Å²) in [4.78, 5) is 14.7. The van der Waals surface area contributed by atoms with Gasteiger partial charge < -0.3 is 14.0 Å². The summed E-state index contributed by atoms with van der Waals surface area (Å²) < 4.78 is 8.70. The molecule has 0 amide bonds. The Balaban J connectivity index is 0.000000217.